The maximum absolute atomic E-state index is 13.4. The molecule has 1 amide bonds. The Morgan fingerprint density at radius 1 is 1.38 bits per heavy atom. The van der Waals surface area contributed by atoms with Gasteiger partial charge in [0, 0.05) is 24.8 Å². The summed E-state index contributed by atoms with van der Waals surface area (Å²) in [5, 5.41) is 6.15. The van der Waals surface area contributed by atoms with Crippen molar-refractivity contribution in [3.63, 3.8) is 0 Å². The highest BCUT2D eigenvalue weighted by atomic mass is 19.1. The molecule has 0 bridgehead atoms. The Morgan fingerprint density at radius 2 is 2.14 bits per heavy atom. The molecule has 5 nitrogen and oxygen atoms in total. The van der Waals surface area contributed by atoms with Crippen LogP contribution in [0, 0.1) is 11.6 Å². The summed E-state index contributed by atoms with van der Waals surface area (Å²) in [6.45, 7) is 3.86. The first-order valence-corrected chi connectivity index (χ1v) is 6.53. The molecule has 21 heavy (non-hydrogen) atoms. The van der Waals surface area contributed by atoms with Gasteiger partial charge in [0.05, 0.1) is 5.69 Å². The molecule has 0 fully saturated rings. The van der Waals surface area contributed by atoms with Gasteiger partial charge in [0.25, 0.3) is 0 Å². The van der Waals surface area contributed by atoms with E-state index in [2.05, 4.69) is 15.5 Å². The van der Waals surface area contributed by atoms with Gasteiger partial charge in [-0.1, -0.05) is 19.0 Å². The van der Waals surface area contributed by atoms with E-state index >= 15 is 0 Å². The lowest BCUT2D eigenvalue weighted by Crippen LogP contribution is -2.13. The molecule has 0 saturated heterocycles. The minimum absolute atomic E-state index is 0.0604. The summed E-state index contributed by atoms with van der Waals surface area (Å²) in [6, 6.07) is 2.96. The number of carbonyl (C=O) groups excluding carboxylic acids is 1. The van der Waals surface area contributed by atoms with Gasteiger partial charge in [-0.15, -0.1) is 0 Å². The Kier molecular flexibility index (Phi) is 4.62. The van der Waals surface area contributed by atoms with E-state index in [0.717, 1.165) is 6.07 Å². The molecule has 0 radical (unpaired) electrons. The summed E-state index contributed by atoms with van der Waals surface area (Å²) in [7, 11) is 0. The number of amides is 1. The number of benzene rings is 1. The second-order valence-corrected chi connectivity index (χ2v) is 4.87. The minimum Gasteiger partial charge on any atom is -0.339 e. The summed E-state index contributed by atoms with van der Waals surface area (Å²) in [5.41, 5.74) is -0.0604. The molecule has 112 valence electrons. The normalized spacial score (nSPS) is 10.9. The van der Waals surface area contributed by atoms with Crippen molar-refractivity contribution in [2.24, 2.45) is 0 Å². The topological polar surface area (TPSA) is 68.0 Å². The van der Waals surface area contributed by atoms with Gasteiger partial charge in [-0.2, -0.15) is 4.98 Å². The number of nitrogens with zero attached hydrogens (tertiary/aromatic N) is 2. The van der Waals surface area contributed by atoms with Crippen LogP contribution < -0.4 is 5.32 Å². The highest BCUT2D eigenvalue weighted by Crippen LogP contribution is 2.16. The van der Waals surface area contributed by atoms with Gasteiger partial charge in [-0.3, -0.25) is 4.79 Å². The number of halogens is 2. The molecular formula is C14H15F2N3O2. The first-order chi connectivity index (χ1) is 9.95. The number of nitrogens with one attached hydrogen (secondary N) is 1. The van der Waals surface area contributed by atoms with Crippen LogP contribution in [-0.2, 0) is 11.2 Å². The largest absolute Gasteiger partial charge is 0.339 e. The molecule has 1 N–H and O–H groups in total. The van der Waals surface area contributed by atoms with E-state index in [-0.39, 0.29) is 24.4 Å². The minimum atomic E-state index is -0.816. The maximum atomic E-state index is 13.4. The zero-order valence-electron chi connectivity index (χ0n) is 11.7. The lowest BCUT2D eigenvalue weighted by Gasteiger charge is -2.05. The molecule has 0 aliphatic heterocycles. The van der Waals surface area contributed by atoms with E-state index in [4.69, 9.17) is 4.52 Å². The van der Waals surface area contributed by atoms with Crippen LogP contribution in [0.5, 0.6) is 0 Å². The molecule has 7 heteroatoms. The van der Waals surface area contributed by atoms with Crippen LogP contribution >= 0.6 is 0 Å². The predicted molar refractivity (Wildman–Crippen MR) is 71.7 cm³/mol. The van der Waals surface area contributed by atoms with Gasteiger partial charge in [0.1, 0.15) is 11.6 Å². The number of aromatic nitrogens is 2. The molecule has 0 spiro atoms. The Balaban J connectivity index is 1.89. The highest BCUT2D eigenvalue weighted by molar-refractivity contribution is 5.90. The summed E-state index contributed by atoms with van der Waals surface area (Å²) in [5.74, 6) is -0.848. The van der Waals surface area contributed by atoms with Crippen molar-refractivity contribution in [1.82, 2.24) is 10.1 Å². The van der Waals surface area contributed by atoms with Crippen LogP contribution in [-0.4, -0.2) is 16.0 Å². The number of aryl methyl sites for hydroxylation is 1. The molecule has 1 aromatic carbocycles. The molecule has 0 aliphatic carbocycles. The van der Waals surface area contributed by atoms with E-state index in [1.807, 2.05) is 13.8 Å². The van der Waals surface area contributed by atoms with E-state index in [1.165, 1.54) is 6.07 Å². The number of hydrogen-bond donors (Lipinski definition) is 1. The van der Waals surface area contributed by atoms with Crippen LogP contribution in [0.3, 0.4) is 0 Å². The molecular weight excluding hydrogens is 280 g/mol. The highest BCUT2D eigenvalue weighted by Gasteiger charge is 2.12. The summed E-state index contributed by atoms with van der Waals surface area (Å²) >= 11 is 0. The SMILES string of the molecule is CC(C)c1noc(CCC(=O)Nc2ccc(F)cc2F)n1. The van der Waals surface area contributed by atoms with Crippen LogP contribution in [0.1, 0.15) is 37.9 Å². The van der Waals surface area contributed by atoms with E-state index in [1.54, 1.807) is 0 Å². The average molecular weight is 295 g/mol. The maximum Gasteiger partial charge on any atom is 0.227 e. The van der Waals surface area contributed by atoms with Gasteiger partial charge in [-0.25, -0.2) is 8.78 Å². The second kappa shape index (κ2) is 6.43. The molecule has 1 aromatic heterocycles. The fraction of sp³-hybridized carbons (Fsp3) is 0.357. The molecule has 2 aromatic rings. The van der Waals surface area contributed by atoms with Crippen molar-refractivity contribution >= 4 is 11.6 Å². The van der Waals surface area contributed by atoms with E-state index in [0.29, 0.717) is 17.8 Å². The van der Waals surface area contributed by atoms with Crippen LogP contribution in [0.4, 0.5) is 14.5 Å². The van der Waals surface area contributed by atoms with Crippen molar-refractivity contribution in [1.29, 1.82) is 0 Å². The standard InChI is InChI=1S/C14H15F2N3O2/c1-8(2)14-18-13(21-19-14)6-5-12(20)17-11-4-3-9(15)7-10(11)16/h3-4,7-8H,5-6H2,1-2H3,(H,17,20). The zero-order valence-corrected chi connectivity index (χ0v) is 11.7. The van der Waals surface area contributed by atoms with Gasteiger partial charge in [-0.05, 0) is 12.1 Å². The Morgan fingerprint density at radius 3 is 2.76 bits per heavy atom. The summed E-state index contributed by atoms with van der Waals surface area (Å²) in [4.78, 5) is 15.8. The quantitative estimate of drug-likeness (QED) is 0.920. The lowest BCUT2D eigenvalue weighted by atomic mass is 10.2. The summed E-state index contributed by atoms with van der Waals surface area (Å²) in [6.07, 6.45) is 0.324. The van der Waals surface area contributed by atoms with Crippen molar-refractivity contribution < 1.29 is 18.1 Å². The molecule has 0 saturated carbocycles. The monoisotopic (exact) mass is 295 g/mol. The molecule has 1 heterocycles. The predicted octanol–water partition coefficient (Wildman–Crippen LogP) is 3.04. The third-order valence-corrected chi connectivity index (χ3v) is 2.77. The van der Waals surface area contributed by atoms with Crippen LogP contribution in [0.2, 0.25) is 0 Å². The molecule has 0 unspecified atom stereocenters. The molecule has 0 atom stereocenters. The first kappa shape index (κ1) is 15.1. The number of hydrogen-bond acceptors (Lipinski definition) is 4. The zero-order chi connectivity index (χ0) is 15.4. The van der Waals surface area contributed by atoms with Crippen molar-refractivity contribution in [3.8, 4) is 0 Å². The number of rotatable bonds is 5. The van der Waals surface area contributed by atoms with E-state index in [9.17, 15) is 13.6 Å². The lowest BCUT2D eigenvalue weighted by molar-refractivity contribution is -0.116. The number of carbonyl (C=O) groups is 1. The fourth-order valence-corrected chi connectivity index (χ4v) is 1.63. The Hall–Kier alpha value is -2.31. The van der Waals surface area contributed by atoms with Gasteiger partial charge in [0.2, 0.25) is 11.8 Å². The van der Waals surface area contributed by atoms with Gasteiger partial charge < -0.3 is 9.84 Å². The van der Waals surface area contributed by atoms with Crippen molar-refractivity contribution in [2.45, 2.75) is 32.6 Å². The Labute approximate surface area is 120 Å². The van der Waals surface area contributed by atoms with Crippen molar-refractivity contribution in [2.75, 3.05) is 5.32 Å². The Bertz CT molecular complexity index is 641. The average Bonchev–Trinajstić information content (AvgIpc) is 2.89. The van der Waals surface area contributed by atoms with Gasteiger partial charge >= 0.3 is 0 Å². The second-order valence-electron chi connectivity index (χ2n) is 4.87. The third-order valence-electron chi connectivity index (χ3n) is 2.77. The van der Waals surface area contributed by atoms with E-state index < -0.39 is 17.5 Å². The van der Waals surface area contributed by atoms with Crippen molar-refractivity contribution in [3.05, 3.63) is 41.5 Å². The summed E-state index contributed by atoms with van der Waals surface area (Å²) < 4.78 is 31.1. The smallest absolute Gasteiger partial charge is 0.227 e. The fourth-order valence-electron chi connectivity index (χ4n) is 1.63. The number of anilines is 1. The van der Waals surface area contributed by atoms with Crippen LogP contribution in [0.25, 0.3) is 0 Å². The molecule has 2 rings (SSSR count). The van der Waals surface area contributed by atoms with Crippen LogP contribution in [0.15, 0.2) is 22.7 Å². The molecule has 0 aliphatic rings. The third kappa shape index (κ3) is 4.08. The van der Waals surface area contributed by atoms with Gasteiger partial charge in [0.15, 0.2) is 5.82 Å². The first-order valence-electron chi connectivity index (χ1n) is 6.53.